The van der Waals surface area contributed by atoms with Gasteiger partial charge in [0, 0.05) is 19.7 Å². The van der Waals surface area contributed by atoms with Gasteiger partial charge in [0.05, 0.1) is 18.3 Å². The lowest BCUT2D eigenvalue weighted by atomic mass is 10.3. The lowest BCUT2D eigenvalue weighted by Gasteiger charge is -2.16. The summed E-state index contributed by atoms with van der Waals surface area (Å²) in [6, 6.07) is 0.209. The van der Waals surface area contributed by atoms with Gasteiger partial charge < -0.3 is 19.9 Å². The van der Waals surface area contributed by atoms with Crippen LogP contribution in [0.5, 0.6) is 5.88 Å². The molecule has 0 aliphatic heterocycles. The molecule has 0 radical (unpaired) electrons. The van der Waals surface area contributed by atoms with Gasteiger partial charge in [0.25, 0.3) is 0 Å². The van der Waals surface area contributed by atoms with Gasteiger partial charge in [-0.05, 0) is 6.92 Å². The van der Waals surface area contributed by atoms with E-state index in [1.807, 2.05) is 6.92 Å². The molecule has 2 unspecified atom stereocenters. The molecule has 0 aromatic carbocycles. The van der Waals surface area contributed by atoms with E-state index in [1.54, 1.807) is 7.11 Å². The van der Waals surface area contributed by atoms with E-state index in [-0.39, 0.29) is 12.6 Å². The second-order valence-corrected chi connectivity index (χ2v) is 4.03. The van der Waals surface area contributed by atoms with Crippen molar-refractivity contribution in [3.63, 3.8) is 0 Å². The fraction of sp³-hybridized carbons (Fsp3) is 0.778. The number of aromatic nitrogens is 2. The quantitative estimate of drug-likeness (QED) is 0.668. The zero-order valence-corrected chi connectivity index (χ0v) is 10.2. The van der Waals surface area contributed by atoms with Crippen LogP contribution in [0.15, 0.2) is 6.20 Å². The molecule has 1 heterocycles. The molecular formula is C9H17N3O3S. The molecule has 7 heteroatoms. The maximum absolute atomic E-state index is 9.59. The lowest BCUT2D eigenvalue weighted by molar-refractivity contribution is 0.0956. The Morgan fingerprint density at radius 1 is 1.56 bits per heavy atom. The van der Waals surface area contributed by atoms with Crippen LogP contribution in [0.3, 0.4) is 0 Å². The summed E-state index contributed by atoms with van der Waals surface area (Å²) in [5.74, 6) is 0.453. The molecule has 0 aliphatic carbocycles. The monoisotopic (exact) mass is 247 g/mol. The van der Waals surface area contributed by atoms with Crippen LogP contribution in [0.2, 0.25) is 0 Å². The van der Waals surface area contributed by atoms with Crippen molar-refractivity contribution >= 4 is 11.7 Å². The number of nitrogens with zero attached hydrogens (tertiary/aromatic N) is 2. The predicted molar refractivity (Wildman–Crippen MR) is 60.8 cm³/mol. The number of methoxy groups -OCH3 is 1. The summed E-state index contributed by atoms with van der Waals surface area (Å²) in [4.78, 5) is 0. The van der Waals surface area contributed by atoms with Crippen molar-refractivity contribution in [1.29, 1.82) is 0 Å². The third-order valence-corrected chi connectivity index (χ3v) is 2.34. The Balaban J connectivity index is 2.09. The van der Waals surface area contributed by atoms with Gasteiger partial charge in [-0.3, -0.25) is 0 Å². The highest BCUT2D eigenvalue weighted by Gasteiger charge is 2.08. The topological polar surface area (TPSA) is 76.5 Å². The smallest absolute Gasteiger partial charge is 0.245 e. The SMILES string of the molecule is COCC(C)NCC(O)COc1cnsn1. The highest BCUT2D eigenvalue weighted by molar-refractivity contribution is 6.99. The van der Waals surface area contributed by atoms with Gasteiger partial charge in [0.2, 0.25) is 5.88 Å². The summed E-state index contributed by atoms with van der Waals surface area (Å²) >= 11 is 1.08. The normalized spacial score (nSPS) is 14.7. The number of ether oxygens (including phenoxy) is 2. The first kappa shape index (κ1) is 13.3. The third-order valence-electron chi connectivity index (χ3n) is 1.88. The van der Waals surface area contributed by atoms with Gasteiger partial charge >= 0.3 is 0 Å². The van der Waals surface area contributed by atoms with E-state index in [9.17, 15) is 5.11 Å². The van der Waals surface area contributed by atoms with Crippen LogP contribution in [0.25, 0.3) is 0 Å². The van der Waals surface area contributed by atoms with Crippen LogP contribution in [0.1, 0.15) is 6.92 Å². The molecule has 0 aliphatic rings. The van der Waals surface area contributed by atoms with E-state index >= 15 is 0 Å². The molecule has 0 bridgehead atoms. The van der Waals surface area contributed by atoms with Crippen molar-refractivity contribution < 1.29 is 14.6 Å². The molecule has 0 saturated carbocycles. The van der Waals surface area contributed by atoms with Gasteiger partial charge in [0.15, 0.2) is 0 Å². The Morgan fingerprint density at radius 3 is 3.00 bits per heavy atom. The number of hydrogen-bond donors (Lipinski definition) is 2. The summed E-state index contributed by atoms with van der Waals surface area (Å²) in [7, 11) is 1.65. The van der Waals surface area contributed by atoms with E-state index in [2.05, 4.69) is 14.1 Å². The summed E-state index contributed by atoms with van der Waals surface area (Å²) in [6.07, 6.45) is 0.958. The van der Waals surface area contributed by atoms with Crippen LogP contribution in [-0.2, 0) is 4.74 Å². The zero-order chi connectivity index (χ0) is 11.8. The molecule has 2 N–H and O–H groups in total. The number of hydrogen-bond acceptors (Lipinski definition) is 7. The Hall–Kier alpha value is -0.760. The molecule has 1 aromatic heterocycles. The van der Waals surface area contributed by atoms with Gasteiger partial charge in [-0.1, -0.05) is 0 Å². The molecule has 1 rings (SSSR count). The predicted octanol–water partition coefficient (Wildman–Crippen LogP) is -0.0977. The first-order valence-corrected chi connectivity index (χ1v) is 5.76. The van der Waals surface area contributed by atoms with Crippen LogP contribution in [0, 0.1) is 0 Å². The van der Waals surface area contributed by atoms with Gasteiger partial charge in [-0.25, -0.2) is 0 Å². The third kappa shape index (κ3) is 5.36. The van der Waals surface area contributed by atoms with Gasteiger partial charge in [-0.2, -0.15) is 4.37 Å². The van der Waals surface area contributed by atoms with Crippen molar-refractivity contribution in [1.82, 2.24) is 14.1 Å². The maximum Gasteiger partial charge on any atom is 0.245 e. The van der Waals surface area contributed by atoms with Crippen molar-refractivity contribution in [2.24, 2.45) is 0 Å². The summed E-state index contributed by atoms with van der Waals surface area (Å²) < 4.78 is 17.8. The van der Waals surface area contributed by atoms with Gasteiger partial charge in [0.1, 0.15) is 18.9 Å². The molecule has 1 aromatic rings. The average molecular weight is 247 g/mol. The fourth-order valence-electron chi connectivity index (χ4n) is 1.11. The fourth-order valence-corrected chi connectivity index (χ4v) is 1.47. The Bertz CT molecular complexity index is 271. The molecule has 2 atom stereocenters. The minimum Gasteiger partial charge on any atom is -0.473 e. The lowest BCUT2D eigenvalue weighted by Crippen LogP contribution is -2.38. The Labute approximate surface area is 98.9 Å². The first-order chi connectivity index (χ1) is 7.72. The zero-order valence-electron chi connectivity index (χ0n) is 9.42. The van der Waals surface area contributed by atoms with E-state index in [0.717, 1.165) is 11.7 Å². The van der Waals surface area contributed by atoms with Crippen molar-refractivity contribution in [3.8, 4) is 5.88 Å². The largest absolute Gasteiger partial charge is 0.473 e. The van der Waals surface area contributed by atoms with Crippen LogP contribution in [-0.4, -0.2) is 52.9 Å². The van der Waals surface area contributed by atoms with Crippen LogP contribution >= 0.6 is 11.7 Å². The standard InChI is InChI=1S/C9H17N3O3S/c1-7(5-14-2)10-3-8(13)6-15-9-4-11-16-12-9/h4,7-8,10,13H,3,5-6H2,1-2H3. The molecule has 92 valence electrons. The molecule has 6 nitrogen and oxygen atoms in total. The summed E-state index contributed by atoms with van der Waals surface area (Å²) in [5.41, 5.74) is 0. The second-order valence-electron chi connectivity index (χ2n) is 3.48. The molecule has 0 fully saturated rings. The Morgan fingerprint density at radius 2 is 2.38 bits per heavy atom. The highest BCUT2D eigenvalue weighted by atomic mass is 32.1. The van der Waals surface area contributed by atoms with E-state index in [0.29, 0.717) is 19.0 Å². The summed E-state index contributed by atoms with van der Waals surface area (Å²) in [5, 5.41) is 12.7. The summed E-state index contributed by atoms with van der Waals surface area (Å²) in [6.45, 7) is 3.27. The van der Waals surface area contributed by atoms with E-state index in [1.165, 1.54) is 6.20 Å². The van der Waals surface area contributed by atoms with Crippen LogP contribution in [0.4, 0.5) is 0 Å². The molecule has 16 heavy (non-hydrogen) atoms. The molecular weight excluding hydrogens is 230 g/mol. The van der Waals surface area contributed by atoms with Crippen LogP contribution < -0.4 is 10.1 Å². The molecule has 0 amide bonds. The molecule has 0 spiro atoms. The number of aliphatic hydroxyl groups excluding tert-OH is 1. The van der Waals surface area contributed by atoms with E-state index < -0.39 is 6.10 Å². The number of rotatable bonds is 8. The Kier molecular flexibility index (Phi) is 6.24. The van der Waals surface area contributed by atoms with Crippen molar-refractivity contribution in [2.75, 3.05) is 26.9 Å². The first-order valence-electron chi connectivity index (χ1n) is 5.03. The highest BCUT2D eigenvalue weighted by Crippen LogP contribution is 2.05. The number of nitrogens with one attached hydrogen (secondary N) is 1. The molecule has 0 saturated heterocycles. The van der Waals surface area contributed by atoms with E-state index in [4.69, 9.17) is 9.47 Å². The average Bonchev–Trinajstić information content (AvgIpc) is 2.77. The second kappa shape index (κ2) is 7.50. The van der Waals surface area contributed by atoms with Crippen molar-refractivity contribution in [3.05, 3.63) is 6.20 Å². The minimum absolute atomic E-state index is 0.206. The number of aliphatic hydroxyl groups is 1. The van der Waals surface area contributed by atoms with Crippen molar-refractivity contribution in [2.45, 2.75) is 19.1 Å². The van der Waals surface area contributed by atoms with Gasteiger partial charge in [-0.15, -0.1) is 4.37 Å². The minimum atomic E-state index is -0.569. The maximum atomic E-state index is 9.59.